The summed E-state index contributed by atoms with van der Waals surface area (Å²) in [5, 5.41) is -0.889. The van der Waals surface area contributed by atoms with Crippen molar-refractivity contribution in [1.29, 1.82) is 0 Å². The van der Waals surface area contributed by atoms with Gasteiger partial charge in [0.05, 0.1) is 16.3 Å². The van der Waals surface area contributed by atoms with Gasteiger partial charge in [-0.05, 0) is 12.1 Å². The fourth-order valence-corrected chi connectivity index (χ4v) is 1.93. The summed E-state index contributed by atoms with van der Waals surface area (Å²) in [6.07, 6.45) is -1.82. The molecule has 90 valence electrons. The molecule has 0 spiro atoms. The summed E-state index contributed by atoms with van der Waals surface area (Å²) in [5.41, 5.74) is 3.36. The van der Waals surface area contributed by atoms with Crippen LogP contribution in [0.3, 0.4) is 0 Å². The van der Waals surface area contributed by atoms with E-state index in [0.29, 0.717) is 27.6 Å². The maximum Gasteiger partial charge on any atom is 0.443 e. The Balaban J connectivity index is 2.37. The average Bonchev–Trinajstić information content (AvgIpc) is 2.78. The van der Waals surface area contributed by atoms with Crippen molar-refractivity contribution < 1.29 is 13.2 Å². The van der Waals surface area contributed by atoms with Crippen LogP contribution in [0.15, 0.2) is 24.5 Å². The van der Waals surface area contributed by atoms with Crippen molar-refractivity contribution in [1.82, 2.24) is 9.97 Å². The molecule has 0 aliphatic heterocycles. The van der Waals surface area contributed by atoms with E-state index < -0.39 is 11.2 Å². The average molecular weight is 260 g/mol. The van der Waals surface area contributed by atoms with Crippen LogP contribution < -0.4 is 11.3 Å². The number of aromatic nitrogens is 2. The van der Waals surface area contributed by atoms with Crippen LogP contribution >= 0.6 is 11.3 Å². The predicted octanol–water partition coefficient (Wildman–Crippen LogP) is 2.51. The van der Waals surface area contributed by atoms with Crippen LogP contribution in [0, 0.1) is 0 Å². The van der Waals surface area contributed by atoms with Gasteiger partial charge >= 0.3 is 6.18 Å². The van der Waals surface area contributed by atoms with Crippen LogP contribution in [-0.4, -0.2) is 9.97 Å². The van der Waals surface area contributed by atoms with Gasteiger partial charge in [0.2, 0.25) is 0 Å². The van der Waals surface area contributed by atoms with Gasteiger partial charge in [0.25, 0.3) is 0 Å². The molecule has 0 radical (unpaired) electrons. The third kappa shape index (κ3) is 2.53. The van der Waals surface area contributed by atoms with Crippen molar-refractivity contribution in [2.45, 2.75) is 6.18 Å². The number of nitrogens with two attached hydrogens (primary N) is 1. The Hall–Kier alpha value is -1.67. The number of alkyl halides is 3. The minimum Gasteiger partial charge on any atom is -0.324 e. The largest absolute Gasteiger partial charge is 0.443 e. The highest BCUT2D eigenvalue weighted by Crippen LogP contribution is 2.35. The molecule has 0 aliphatic carbocycles. The molecule has 0 aliphatic rings. The molecule has 0 saturated carbocycles. The van der Waals surface area contributed by atoms with Crippen LogP contribution in [0.5, 0.6) is 0 Å². The van der Waals surface area contributed by atoms with E-state index in [-0.39, 0.29) is 0 Å². The van der Waals surface area contributed by atoms with E-state index in [0.717, 1.165) is 6.20 Å². The standard InChI is InChI=1S/C9H7F3N4S/c10-9(11,12)8-15-4-7(17-8)6-3-5(16-13)1-2-14-6/h1-4H,13H2,(H,14,16). The molecule has 8 heteroatoms. The number of hydrogen-bond donors (Lipinski definition) is 2. The molecule has 2 aromatic rings. The third-order valence-electron chi connectivity index (χ3n) is 1.93. The highest BCUT2D eigenvalue weighted by Gasteiger charge is 2.34. The molecule has 0 amide bonds. The number of pyridine rings is 1. The molecule has 0 unspecified atom stereocenters. The van der Waals surface area contributed by atoms with E-state index in [4.69, 9.17) is 5.84 Å². The zero-order valence-electron chi connectivity index (χ0n) is 8.32. The van der Waals surface area contributed by atoms with Gasteiger partial charge in [0.1, 0.15) is 0 Å². The Morgan fingerprint density at radius 2 is 2.06 bits per heavy atom. The maximum absolute atomic E-state index is 12.4. The van der Waals surface area contributed by atoms with Gasteiger partial charge < -0.3 is 5.43 Å². The number of nitrogens with zero attached hydrogens (tertiary/aromatic N) is 2. The van der Waals surface area contributed by atoms with Gasteiger partial charge in [0.15, 0.2) is 5.01 Å². The quantitative estimate of drug-likeness (QED) is 0.643. The van der Waals surface area contributed by atoms with Crippen molar-refractivity contribution in [2.75, 3.05) is 5.43 Å². The second-order valence-corrected chi connectivity index (χ2v) is 4.13. The van der Waals surface area contributed by atoms with Crippen LogP contribution in [-0.2, 0) is 6.18 Å². The van der Waals surface area contributed by atoms with Crippen molar-refractivity contribution in [2.24, 2.45) is 5.84 Å². The first-order valence-corrected chi connectivity index (χ1v) is 5.28. The number of nitrogens with one attached hydrogen (secondary N) is 1. The Morgan fingerprint density at radius 3 is 2.65 bits per heavy atom. The van der Waals surface area contributed by atoms with Gasteiger partial charge in [-0.25, -0.2) is 4.98 Å². The topological polar surface area (TPSA) is 63.8 Å². The molecule has 2 heterocycles. The number of halogens is 3. The van der Waals surface area contributed by atoms with Gasteiger partial charge in [0, 0.05) is 12.4 Å². The minimum atomic E-state index is -4.42. The summed E-state index contributed by atoms with van der Waals surface area (Å²) in [7, 11) is 0. The van der Waals surface area contributed by atoms with Gasteiger partial charge in [-0.15, -0.1) is 11.3 Å². The van der Waals surface area contributed by atoms with E-state index in [2.05, 4.69) is 15.4 Å². The molecule has 0 aromatic carbocycles. The number of thiazole rings is 1. The molecule has 0 fully saturated rings. The normalized spacial score (nSPS) is 11.5. The van der Waals surface area contributed by atoms with E-state index in [1.54, 1.807) is 12.1 Å². The monoisotopic (exact) mass is 260 g/mol. The lowest BCUT2D eigenvalue weighted by molar-refractivity contribution is -0.137. The Bertz CT molecular complexity index is 523. The SMILES string of the molecule is NNc1ccnc(-c2cnc(C(F)(F)F)s2)c1. The number of hydrazine groups is 1. The second kappa shape index (κ2) is 4.30. The zero-order valence-corrected chi connectivity index (χ0v) is 9.14. The van der Waals surface area contributed by atoms with E-state index in [1.807, 2.05) is 0 Å². The molecule has 0 saturated heterocycles. The van der Waals surface area contributed by atoms with E-state index in [9.17, 15) is 13.2 Å². The fraction of sp³-hybridized carbons (Fsp3) is 0.111. The predicted molar refractivity (Wildman–Crippen MR) is 58.2 cm³/mol. The lowest BCUT2D eigenvalue weighted by Crippen LogP contribution is -2.06. The van der Waals surface area contributed by atoms with Gasteiger partial charge in [-0.2, -0.15) is 13.2 Å². The highest BCUT2D eigenvalue weighted by molar-refractivity contribution is 7.15. The first-order chi connectivity index (χ1) is 8.00. The Morgan fingerprint density at radius 1 is 1.29 bits per heavy atom. The molecule has 4 nitrogen and oxygen atoms in total. The summed E-state index contributed by atoms with van der Waals surface area (Å²) in [4.78, 5) is 7.62. The smallest absolute Gasteiger partial charge is 0.324 e. The first-order valence-electron chi connectivity index (χ1n) is 4.47. The number of nitrogen functional groups attached to an aromatic ring is 1. The zero-order chi connectivity index (χ0) is 12.5. The molecule has 2 aromatic heterocycles. The van der Waals surface area contributed by atoms with Crippen molar-refractivity contribution in [3.05, 3.63) is 29.5 Å². The van der Waals surface area contributed by atoms with Gasteiger partial charge in [-0.3, -0.25) is 10.8 Å². The van der Waals surface area contributed by atoms with E-state index >= 15 is 0 Å². The summed E-state index contributed by atoms with van der Waals surface area (Å²) >= 11 is 0.545. The fourth-order valence-electron chi connectivity index (χ4n) is 1.18. The molecule has 0 bridgehead atoms. The second-order valence-electron chi connectivity index (χ2n) is 3.10. The minimum absolute atomic E-state index is 0.342. The molecular formula is C9H7F3N4S. The van der Waals surface area contributed by atoms with Crippen LogP contribution in [0.25, 0.3) is 10.6 Å². The Kier molecular flexibility index (Phi) is 2.99. The summed E-state index contributed by atoms with van der Waals surface area (Å²) < 4.78 is 37.1. The first kappa shape index (κ1) is 11.8. The Labute approximate surface area is 98.3 Å². The highest BCUT2D eigenvalue weighted by atomic mass is 32.1. The van der Waals surface area contributed by atoms with Crippen LogP contribution in [0.2, 0.25) is 0 Å². The summed E-state index contributed by atoms with van der Waals surface area (Å²) in [6.45, 7) is 0. The molecular weight excluding hydrogens is 253 g/mol. The van der Waals surface area contributed by atoms with Crippen molar-refractivity contribution >= 4 is 17.0 Å². The number of hydrogen-bond acceptors (Lipinski definition) is 5. The van der Waals surface area contributed by atoms with Crippen LogP contribution in [0.1, 0.15) is 5.01 Å². The van der Waals surface area contributed by atoms with Crippen molar-refractivity contribution in [3.8, 4) is 10.6 Å². The molecule has 2 rings (SSSR count). The van der Waals surface area contributed by atoms with Crippen molar-refractivity contribution in [3.63, 3.8) is 0 Å². The molecule has 0 atom stereocenters. The lowest BCUT2D eigenvalue weighted by Gasteiger charge is -2.01. The summed E-state index contributed by atoms with van der Waals surface area (Å²) in [5.74, 6) is 5.20. The molecule has 3 N–H and O–H groups in total. The maximum atomic E-state index is 12.4. The number of anilines is 1. The van der Waals surface area contributed by atoms with Gasteiger partial charge in [-0.1, -0.05) is 0 Å². The number of rotatable bonds is 2. The van der Waals surface area contributed by atoms with Crippen LogP contribution in [0.4, 0.5) is 18.9 Å². The summed E-state index contributed by atoms with van der Waals surface area (Å²) in [6, 6.07) is 3.16. The third-order valence-corrected chi connectivity index (χ3v) is 2.99. The molecule has 17 heavy (non-hydrogen) atoms. The lowest BCUT2D eigenvalue weighted by atomic mass is 10.3. The van der Waals surface area contributed by atoms with E-state index in [1.165, 1.54) is 6.20 Å².